The van der Waals surface area contributed by atoms with E-state index in [1.165, 1.54) is 18.6 Å². The zero-order valence-electron chi connectivity index (χ0n) is 18.1. The summed E-state index contributed by atoms with van der Waals surface area (Å²) in [5.41, 5.74) is 0.750. The molecule has 0 aliphatic carbocycles. The van der Waals surface area contributed by atoms with Gasteiger partial charge in [-0.2, -0.15) is 13.2 Å². The van der Waals surface area contributed by atoms with Crippen molar-refractivity contribution < 1.29 is 22.7 Å². The van der Waals surface area contributed by atoms with Crippen LogP contribution in [0, 0.1) is 6.92 Å². The normalized spacial score (nSPS) is 11.5. The Hall–Kier alpha value is -4.67. The summed E-state index contributed by atoms with van der Waals surface area (Å²) < 4.78 is 46.2. The van der Waals surface area contributed by atoms with Crippen LogP contribution in [0.15, 0.2) is 67.3 Å². The number of halogens is 3. The summed E-state index contributed by atoms with van der Waals surface area (Å²) in [6.07, 6.45) is -0.0355. The van der Waals surface area contributed by atoms with Gasteiger partial charge in [-0.15, -0.1) is 0 Å². The summed E-state index contributed by atoms with van der Waals surface area (Å²) in [5.74, 6) is 0.362. The predicted octanol–water partition coefficient (Wildman–Crippen LogP) is 5.72. The fourth-order valence-electron chi connectivity index (χ4n) is 3.47. The first-order valence-electron chi connectivity index (χ1n) is 10.4. The van der Waals surface area contributed by atoms with Crippen molar-refractivity contribution >= 4 is 22.6 Å². The number of H-pyrrole nitrogens is 2. The number of aromatic amines is 2. The maximum Gasteiger partial charge on any atom is 0.416 e. The van der Waals surface area contributed by atoms with Crippen LogP contribution in [0.1, 0.15) is 21.6 Å². The minimum absolute atomic E-state index is 0.153. The van der Waals surface area contributed by atoms with Gasteiger partial charge in [-0.3, -0.25) is 4.79 Å². The molecule has 8 nitrogen and oxygen atoms in total. The van der Waals surface area contributed by atoms with Crippen LogP contribution in [0.2, 0.25) is 0 Å². The number of alkyl halides is 3. The number of benzene rings is 2. The molecule has 0 aliphatic rings. The van der Waals surface area contributed by atoms with E-state index in [2.05, 4.69) is 30.2 Å². The number of carbonyl (C=O) groups is 1. The first-order chi connectivity index (χ1) is 16.8. The minimum atomic E-state index is -4.63. The molecule has 0 atom stereocenters. The number of amides is 1. The fourth-order valence-corrected chi connectivity index (χ4v) is 3.47. The fraction of sp³-hybridized carbons (Fsp3) is 0.0833. The summed E-state index contributed by atoms with van der Waals surface area (Å²) in [6.45, 7) is 1.73. The first-order valence-corrected chi connectivity index (χ1v) is 10.4. The van der Waals surface area contributed by atoms with Gasteiger partial charge in [0, 0.05) is 34.9 Å². The summed E-state index contributed by atoms with van der Waals surface area (Å²) >= 11 is 0. The second-order valence-corrected chi connectivity index (χ2v) is 7.71. The van der Waals surface area contributed by atoms with Crippen molar-refractivity contribution in [3.63, 3.8) is 0 Å². The number of rotatable bonds is 5. The van der Waals surface area contributed by atoms with Crippen LogP contribution < -0.4 is 10.1 Å². The maximum atomic E-state index is 13.5. The molecule has 3 aromatic heterocycles. The molecule has 0 saturated heterocycles. The van der Waals surface area contributed by atoms with E-state index in [-0.39, 0.29) is 17.0 Å². The number of aryl methyl sites for hydroxylation is 1. The highest BCUT2D eigenvalue weighted by Crippen LogP contribution is 2.33. The van der Waals surface area contributed by atoms with Crippen LogP contribution in [0.25, 0.3) is 22.4 Å². The van der Waals surface area contributed by atoms with Crippen molar-refractivity contribution in [3.8, 4) is 23.0 Å². The van der Waals surface area contributed by atoms with E-state index in [1.54, 1.807) is 43.5 Å². The average molecular weight is 478 g/mol. The second kappa shape index (κ2) is 8.60. The number of imidazole rings is 1. The van der Waals surface area contributed by atoms with Gasteiger partial charge in [-0.1, -0.05) is 0 Å². The molecule has 176 valence electrons. The molecule has 2 aromatic carbocycles. The highest BCUT2D eigenvalue weighted by atomic mass is 19.4. The van der Waals surface area contributed by atoms with Gasteiger partial charge >= 0.3 is 6.18 Å². The topological polar surface area (TPSA) is 109 Å². The van der Waals surface area contributed by atoms with Crippen molar-refractivity contribution in [3.05, 3.63) is 84.1 Å². The average Bonchev–Trinajstić information content (AvgIpc) is 3.49. The number of aromatic nitrogens is 5. The Morgan fingerprint density at radius 3 is 2.54 bits per heavy atom. The van der Waals surface area contributed by atoms with Gasteiger partial charge in [0.2, 0.25) is 5.88 Å². The van der Waals surface area contributed by atoms with E-state index in [9.17, 15) is 18.0 Å². The Morgan fingerprint density at radius 1 is 1.03 bits per heavy atom. The van der Waals surface area contributed by atoms with Crippen molar-refractivity contribution in [2.45, 2.75) is 13.1 Å². The highest BCUT2D eigenvalue weighted by Gasteiger charge is 2.32. The van der Waals surface area contributed by atoms with Gasteiger partial charge in [0.15, 0.2) is 0 Å². The zero-order valence-corrected chi connectivity index (χ0v) is 18.1. The summed E-state index contributed by atoms with van der Waals surface area (Å²) in [5, 5.41) is 3.32. The molecule has 3 heterocycles. The molecule has 11 heteroatoms. The van der Waals surface area contributed by atoms with E-state index in [4.69, 9.17) is 4.74 Å². The molecule has 0 spiro atoms. The summed E-state index contributed by atoms with van der Waals surface area (Å²) in [7, 11) is 0. The molecule has 0 saturated carbocycles. The van der Waals surface area contributed by atoms with Gasteiger partial charge in [-0.05, 0) is 55.5 Å². The van der Waals surface area contributed by atoms with Crippen molar-refractivity contribution in [2.75, 3.05) is 5.32 Å². The highest BCUT2D eigenvalue weighted by molar-refractivity contribution is 6.05. The lowest BCUT2D eigenvalue weighted by Gasteiger charge is -2.12. The molecule has 0 unspecified atom stereocenters. The van der Waals surface area contributed by atoms with Gasteiger partial charge in [0.1, 0.15) is 23.5 Å². The molecule has 0 radical (unpaired) electrons. The van der Waals surface area contributed by atoms with E-state index < -0.39 is 17.6 Å². The van der Waals surface area contributed by atoms with Crippen molar-refractivity contribution in [1.29, 1.82) is 0 Å². The smallest absolute Gasteiger partial charge is 0.416 e. The molecule has 5 aromatic rings. The van der Waals surface area contributed by atoms with Crippen LogP contribution in [-0.4, -0.2) is 30.8 Å². The molecule has 3 N–H and O–H groups in total. The molecular weight excluding hydrogens is 461 g/mol. The van der Waals surface area contributed by atoms with Crippen LogP contribution in [0.5, 0.6) is 11.6 Å². The molecular formula is C24H17F3N6O2. The number of hydrogen-bond donors (Lipinski definition) is 3. The molecule has 0 bridgehead atoms. The van der Waals surface area contributed by atoms with Crippen LogP contribution >= 0.6 is 0 Å². The number of ether oxygens (including phenoxy) is 1. The standard InChI is InChI=1S/C24H17F3N6O2/c1-13-11-29-20(32-13)14-8-15(10-16(9-14)24(25,26)27)22(34)33-17-2-4-18(5-3-17)35-23-19-6-7-28-21(19)30-12-31-23/h2-12H,1H3,(H,29,32)(H,33,34)(H,28,30,31). The monoisotopic (exact) mass is 478 g/mol. The zero-order chi connectivity index (χ0) is 24.6. The van der Waals surface area contributed by atoms with E-state index in [1.807, 2.05) is 0 Å². The largest absolute Gasteiger partial charge is 0.438 e. The third kappa shape index (κ3) is 4.69. The summed E-state index contributed by atoms with van der Waals surface area (Å²) in [6, 6.07) is 11.3. The number of carbonyl (C=O) groups excluding carboxylic acids is 1. The molecule has 35 heavy (non-hydrogen) atoms. The number of hydrogen-bond acceptors (Lipinski definition) is 5. The lowest BCUT2D eigenvalue weighted by molar-refractivity contribution is -0.137. The predicted molar refractivity (Wildman–Crippen MR) is 122 cm³/mol. The molecule has 0 aliphatic heterocycles. The summed E-state index contributed by atoms with van der Waals surface area (Å²) in [4.78, 5) is 31.0. The van der Waals surface area contributed by atoms with Gasteiger partial charge in [-0.25, -0.2) is 15.0 Å². The third-order valence-corrected chi connectivity index (χ3v) is 5.14. The number of fused-ring (bicyclic) bond motifs is 1. The maximum absolute atomic E-state index is 13.5. The first kappa shape index (κ1) is 22.1. The van der Waals surface area contributed by atoms with Gasteiger partial charge in [0.25, 0.3) is 5.91 Å². The number of nitrogens with zero attached hydrogens (tertiary/aromatic N) is 3. The van der Waals surface area contributed by atoms with Crippen LogP contribution in [-0.2, 0) is 6.18 Å². The van der Waals surface area contributed by atoms with E-state index in [0.29, 0.717) is 34.0 Å². The molecule has 5 rings (SSSR count). The van der Waals surface area contributed by atoms with Crippen molar-refractivity contribution in [1.82, 2.24) is 24.9 Å². The lowest BCUT2D eigenvalue weighted by Crippen LogP contribution is -2.14. The SMILES string of the molecule is Cc1cnc(-c2cc(C(=O)Nc3ccc(Oc4ncnc5[nH]ccc45)cc3)cc(C(F)(F)F)c2)[nH]1. The number of anilines is 1. The number of nitrogens with one attached hydrogen (secondary N) is 3. The van der Waals surface area contributed by atoms with Crippen LogP contribution in [0.4, 0.5) is 18.9 Å². The quantitative estimate of drug-likeness (QED) is 0.299. The Morgan fingerprint density at radius 2 is 1.83 bits per heavy atom. The Balaban J connectivity index is 1.37. The lowest BCUT2D eigenvalue weighted by atomic mass is 10.0. The third-order valence-electron chi connectivity index (χ3n) is 5.14. The Labute approximate surface area is 196 Å². The minimum Gasteiger partial charge on any atom is -0.438 e. The second-order valence-electron chi connectivity index (χ2n) is 7.71. The van der Waals surface area contributed by atoms with E-state index in [0.717, 1.165) is 12.1 Å². The van der Waals surface area contributed by atoms with Gasteiger partial charge in [0.05, 0.1) is 10.9 Å². The van der Waals surface area contributed by atoms with E-state index >= 15 is 0 Å². The molecule has 0 fully saturated rings. The Kier molecular flexibility index (Phi) is 5.44. The van der Waals surface area contributed by atoms with Crippen molar-refractivity contribution in [2.24, 2.45) is 0 Å². The van der Waals surface area contributed by atoms with Crippen LogP contribution in [0.3, 0.4) is 0 Å². The Bertz CT molecular complexity index is 1520. The molecule has 1 amide bonds. The van der Waals surface area contributed by atoms with Gasteiger partial charge < -0.3 is 20.0 Å².